The molecule has 0 spiro atoms. The molecule has 1 aliphatic heterocycles. The van der Waals surface area contributed by atoms with Gasteiger partial charge in [-0.25, -0.2) is 13.8 Å². The van der Waals surface area contributed by atoms with Gasteiger partial charge in [0.05, 0.1) is 29.1 Å². The van der Waals surface area contributed by atoms with Gasteiger partial charge >= 0.3 is 0 Å². The zero-order chi connectivity index (χ0) is 22.7. The number of fused-ring (bicyclic) bond motifs is 1. The Morgan fingerprint density at radius 2 is 2.06 bits per heavy atom. The number of aromatic nitrogens is 1. The molecule has 2 aromatic carbocycles. The Kier molecular flexibility index (Phi) is 6.41. The van der Waals surface area contributed by atoms with Crippen LogP contribution >= 0.6 is 0 Å². The van der Waals surface area contributed by atoms with E-state index >= 15 is 0 Å². The number of H-pyrrole nitrogens is 1. The van der Waals surface area contributed by atoms with Crippen molar-refractivity contribution < 1.29 is 23.4 Å². The Bertz CT molecular complexity index is 1190. The van der Waals surface area contributed by atoms with E-state index in [-0.39, 0.29) is 18.2 Å². The molecule has 0 unspecified atom stereocenters. The number of aliphatic imine (C=N–C) groups is 1. The van der Waals surface area contributed by atoms with Gasteiger partial charge in [-0.3, -0.25) is 0 Å². The first-order valence-corrected chi connectivity index (χ1v) is 10.5. The zero-order valence-electron chi connectivity index (χ0n) is 18.0. The first-order valence-electron chi connectivity index (χ1n) is 10.5. The lowest BCUT2D eigenvalue weighted by atomic mass is 10.1. The molecule has 2 N–H and O–H groups in total. The van der Waals surface area contributed by atoms with Crippen LogP contribution in [-0.4, -0.2) is 54.1 Å². The van der Waals surface area contributed by atoms with Crippen molar-refractivity contribution in [2.24, 2.45) is 4.99 Å². The molecule has 0 amide bonds. The van der Waals surface area contributed by atoms with Gasteiger partial charge in [-0.1, -0.05) is 6.92 Å². The quantitative estimate of drug-likeness (QED) is 0.482. The summed E-state index contributed by atoms with van der Waals surface area (Å²) >= 11 is 0. The Morgan fingerprint density at radius 1 is 1.22 bits per heavy atom. The summed E-state index contributed by atoms with van der Waals surface area (Å²) in [5.74, 6) is -0.387. The third-order valence-corrected chi connectivity index (χ3v) is 5.33. The van der Waals surface area contributed by atoms with Crippen LogP contribution in [0.2, 0.25) is 0 Å². The smallest absolute Gasteiger partial charge is 0.200 e. The summed E-state index contributed by atoms with van der Waals surface area (Å²) in [6.07, 6.45) is 2.49. The molecule has 0 radical (unpaired) electrons. The molecule has 0 saturated carbocycles. The van der Waals surface area contributed by atoms with Gasteiger partial charge in [-0.05, 0) is 50.3 Å². The second-order valence-electron chi connectivity index (χ2n) is 7.65. The van der Waals surface area contributed by atoms with Crippen molar-refractivity contribution in [2.75, 3.05) is 33.4 Å². The summed E-state index contributed by atoms with van der Waals surface area (Å²) in [5, 5.41) is 10.9. The molecule has 3 aromatic rings. The monoisotopic (exact) mass is 441 g/mol. The van der Waals surface area contributed by atoms with Crippen molar-refractivity contribution in [1.29, 1.82) is 0 Å². The fourth-order valence-electron chi connectivity index (χ4n) is 3.52. The number of nitrogens with zero attached hydrogens (tertiary/aromatic N) is 2. The minimum Gasteiger partial charge on any atom is -0.494 e. The van der Waals surface area contributed by atoms with Gasteiger partial charge < -0.3 is 24.5 Å². The summed E-state index contributed by atoms with van der Waals surface area (Å²) in [4.78, 5) is 9.34. The largest absolute Gasteiger partial charge is 0.494 e. The number of hydrogen-bond acceptors (Lipinski definition) is 5. The standard InChI is InChI=1S/C24H25F2N3O3/c1-3-29(2)9-4-10-31-21-8-6-16(12-19(21)26)27-17-13-22(32-14-17)23-18-7-5-15(25)11-20(18)28-24(23)30/h5-8,11-13,28,30H,3-4,9-10,14H2,1-2H3. The first kappa shape index (κ1) is 21.8. The van der Waals surface area contributed by atoms with Crippen molar-refractivity contribution in [3.63, 3.8) is 0 Å². The number of halogens is 2. The number of rotatable bonds is 8. The molecule has 1 aromatic heterocycles. The lowest BCUT2D eigenvalue weighted by Gasteiger charge is -2.14. The van der Waals surface area contributed by atoms with Gasteiger partial charge in [-0.2, -0.15) is 0 Å². The highest BCUT2D eigenvalue weighted by Crippen LogP contribution is 2.36. The Hall–Kier alpha value is -3.39. The van der Waals surface area contributed by atoms with Gasteiger partial charge in [0, 0.05) is 24.1 Å². The third kappa shape index (κ3) is 4.75. The van der Waals surface area contributed by atoms with Crippen LogP contribution in [0.1, 0.15) is 18.9 Å². The minimum atomic E-state index is -0.477. The molecular weight excluding hydrogens is 416 g/mol. The predicted octanol–water partition coefficient (Wildman–Crippen LogP) is 5.02. The maximum Gasteiger partial charge on any atom is 0.200 e. The van der Waals surface area contributed by atoms with E-state index in [0.717, 1.165) is 19.5 Å². The van der Waals surface area contributed by atoms with E-state index in [1.165, 1.54) is 18.2 Å². The highest BCUT2D eigenvalue weighted by Gasteiger charge is 2.22. The zero-order valence-corrected chi connectivity index (χ0v) is 18.0. The summed E-state index contributed by atoms with van der Waals surface area (Å²) in [5.41, 5.74) is 1.91. The van der Waals surface area contributed by atoms with E-state index in [1.54, 1.807) is 24.3 Å². The first-order chi connectivity index (χ1) is 15.4. The number of ether oxygens (including phenoxy) is 2. The molecule has 0 fully saturated rings. The molecule has 8 heteroatoms. The molecule has 1 aliphatic rings. The average molecular weight is 441 g/mol. The SMILES string of the molecule is CCN(C)CCCOc1ccc(N=C2C=C(c3c(O)[nH]c4cc(F)ccc34)OC2)cc1F. The van der Waals surface area contributed by atoms with Crippen molar-refractivity contribution in [3.8, 4) is 11.6 Å². The molecular formula is C24H25F2N3O3. The van der Waals surface area contributed by atoms with Gasteiger partial charge in [0.1, 0.15) is 18.2 Å². The second kappa shape index (κ2) is 9.40. The molecule has 6 nitrogen and oxygen atoms in total. The summed E-state index contributed by atoms with van der Waals surface area (Å²) < 4.78 is 39.1. The number of nitrogens with one attached hydrogen (secondary N) is 1. The van der Waals surface area contributed by atoms with Crippen molar-refractivity contribution in [1.82, 2.24) is 9.88 Å². The second-order valence-corrected chi connectivity index (χ2v) is 7.65. The van der Waals surface area contributed by atoms with Gasteiger partial charge in [0.25, 0.3) is 0 Å². The van der Waals surface area contributed by atoms with Crippen LogP contribution in [0.15, 0.2) is 47.5 Å². The van der Waals surface area contributed by atoms with E-state index in [2.05, 4.69) is 21.8 Å². The lowest BCUT2D eigenvalue weighted by Crippen LogP contribution is -2.20. The van der Waals surface area contributed by atoms with Crippen LogP contribution in [0.4, 0.5) is 14.5 Å². The molecule has 32 heavy (non-hydrogen) atoms. The Morgan fingerprint density at radius 3 is 2.84 bits per heavy atom. The molecule has 0 atom stereocenters. The van der Waals surface area contributed by atoms with Crippen molar-refractivity contribution >= 4 is 28.1 Å². The molecule has 168 valence electrons. The maximum absolute atomic E-state index is 14.4. The predicted molar refractivity (Wildman–Crippen MR) is 121 cm³/mol. The molecule has 4 rings (SSSR count). The molecule has 2 heterocycles. The molecule has 0 aliphatic carbocycles. The van der Waals surface area contributed by atoms with Crippen LogP contribution < -0.4 is 4.74 Å². The van der Waals surface area contributed by atoms with E-state index < -0.39 is 11.6 Å². The van der Waals surface area contributed by atoms with E-state index in [9.17, 15) is 13.9 Å². The third-order valence-electron chi connectivity index (χ3n) is 5.33. The lowest BCUT2D eigenvalue weighted by molar-refractivity contribution is 0.260. The van der Waals surface area contributed by atoms with Crippen LogP contribution in [0.25, 0.3) is 16.7 Å². The van der Waals surface area contributed by atoms with Gasteiger partial charge in [0.2, 0.25) is 5.88 Å². The van der Waals surface area contributed by atoms with E-state index in [0.29, 0.717) is 40.2 Å². The minimum absolute atomic E-state index is 0.115. The fraction of sp³-hybridized carbons (Fsp3) is 0.292. The number of aromatic hydroxyl groups is 1. The van der Waals surface area contributed by atoms with Crippen LogP contribution in [0.5, 0.6) is 11.6 Å². The highest BCUT2D eigenvalue weighted by molar-refractivity contribution is 6.08. The Labute approximate surface area is 184 Å². The van der Waals surface area contributed by atoms with Crippen LogP contribution in [0, 0.1) is 11.6 Å². The fourth-order valence-corrected chi connectivity index (χ4v) is 3.52. The van der Waals surface area contributed by atoms with Crippen LogP contribution in [0.3, 0.4) is 0 Å². The van der Waals surface area contributed by atoms with E-state index in [1.807, 2.05) is 7.05 Å². The van der Waals surface area contributed by atoms with E-state index in [4.69, 9.17) is 9.47 Å². The summed E-state index contributed by atoms with van der Waals surface area (Å²) in [7, 11) is 2.03. The molecule has 0 bridgehead atoms. The van der Waals surface area contributed by atoms with Crippen LogP contribution in [-0.2, 0) is 4.74 Å². The average Bonchev–Trinajstić information content (AvgIpc) is 3.34. The normalized spacial score (nSPS) is 14.9. The Balaban J connectivity index is 1.47. The van der Waals surface area contributed by atoms with Gasteiger partial charge in [0.15, 0.2) is 11.6 Å². The maximum atomic E-state index is 14.4. The summed E-state index contributed by atoms with van der Waals surface area (Å²) in [6, 6.07) is 8.76. The van der Waals surface area contributed by atoms with Crippen molar-refractivity contribution in [2.45, 2.75) is 13.3 Å². The number of benzene rings is 2. The topological polar surface area (TPSA) is 70.1 Å². The number of aromatic amines is 1. The summed E-state index contributed by atoms with van der Waals surface area (Å²) in [6.45, 7) is 4.54. The van der Waals surface area contributed by atoms with Gasteiger partial charge in [-0.15, -0.1) is 0 Å². The molecule has 0 saturated heterocycles. The van der Waals surface area contributed by atoms with Crippen molar-refractivity contribution in [3.05, 3.63) is 59.7 Å². The highest BCUT2D eigenvalue weighted by atomic mass is 19.1. The number of hydrogen-bond donors (Lipinski definition) is 2.